The van der Waals surface area contributed by atoms with Gasteiger partial charge < -0.3 is 14.8 Å². The normalized spacial score (nSPS) is 13.4. The van der Waals surface area contributed by atoms with E-state index in [0.29, 0.717) is 28.5 Å². The van der Waals surface area contributed by atoms with E-state index < -0.39 is 11.6 Å². The van der Waals surface area contributed by atoms with E-state index in [1.807, 2.05) is 19.1 Å². The molecule has 150 valence electrons. The predicted octanol–water partition coefficient (Wildman–Crippen LogP) is 3.99. The van der Waals surface area contributed by atoms with Gasteiger partial charge in [-0.3, -0.25) is 4.79 Å². The average Bonchev–Trinajstić information content (AvgIpc) is 3.25. The lowest BCUT2D eigenvalue weighted by molar-refractivity contribution is 0.0938. The van der Waals surface area contributed by atoms with Crippen LogP contribution in [-0.2, 0) is 0 Å². The molecule has 0 radical (unpaired) electrons. The minimum absolute atomic E-state index is 0.0786. The van der Waals surface area contributed by atoms with Crippen molar-refractivity contribution in [3.63, 3.8) is 0 Å². The molecule has 0 spiro atoms. The highest BCUT2D eigenvalue weighted by atomic mass is 19.1. The molecule has 1 aliphatic heterocycles. The largest absolute Gasteiger partial charge is 0.454 e. The monoisotopic (exact) mass is 399 g/mol. The van der Waals surface area contributed by atoms with Gasteiger partial charge >= 0.3 is 0 Å². The third kappa shape index (κ3) is 3.41. The zero-order valence-electron chi connectivity index (χ0n) is 16.1. The Morgan fingerprint density at radius 1 is 1.14 bits per heavy atom. The molecule has 1 aliphatic rings. The van der Waals surface area contributed by atoms with E-state index in [1.54, 1.807) is 19.9 Å². The number of fused-ring (bicyclic) bond motifs is 1. The fourth-order valence-corrected chi connectivity index (χ4v) is 3.39. The third-order valence-corrected chi connectivity index (χ3v) is 4.90. The SMILES string of the molecule is Cc1nn(-c2ccc(F)cc2F)c(C)c1C(=O)NC(C)c1ccc2c(c1)OCO2. The van der Waals surface area contributed by atoms with Crippen molar-refractivity contribution in [3.8, 4) is 17.2 Å². The summed E-state index contributed by atoms with van der Waals surface area (Å²) in [4.78, 5) is 12.9. The van der Waals surface area contributed by atoms with Crippen molar-refractivity contribution in [2.75, 3.05) is 6.79 Å². The molecule has 0 fully saturated rings. The van der Waals surface area contributed by atoms with E-state index in [4.69, 9.17) is 9.47 Å². The fraction of sp³-hybridized carbons (Fsp3) is 0.238. The number of carbonyl (C=O) groups excluding carboxylic acids is 1. The van der Waals surface area contributed by atoms with Crippen LogP contribution in [0.5, 0.6) is 11.5 Å². The molecule has 0 saturated heterocycles. The first-order valence-corrected chi connectivity index (χ1v) is 9.07. The highest BCUT2D eigenvalue weighted by Crippen LogP contribution is 2.34. The Balaban J connectivity index is 1.60. The zero-order valence-corrected chi connectivity index (χ0v) is 16.1. The standard InChI is InChI=1S/C21H19F2N3O3/c1-11(14-4-7-18-19(8-14)29-10-28-18)24-21(27)20-12(2)25-26(13(20)3)17-6-5-15(22)9-16(17)23/h4-9,11H,10H2,1-3H3,(H,24,27). The van der Waals surface area contributed by atoms with Crippen LogP contribution in [0, 0.1) is 25.5 Å². The smallest absolute Gasteiger partial charge is 0.255 e. The van der Waals surface area contributed by atoms with E-state index in [9.17, 15) is 13.6 Å². The van der Waals surface area contributed by atoms with Crippen LogP contribution in [0.1, 0.15) is 40.3 Å². The molecule has 6 nitrogen and oxygen atoms in total. The number of aryl methyl sites for hydroxylation is 1. The number of nitrogens with zero attached hydrogens (tertiary/aromatic N) is 2. The molecular formula is C21H19F2N3O3. The Hall–Kier alpha value is -3.42. The molecular weight excluding hydrogens is 380 g/mol. The molecule has 8 heteroatoms. The lowest BCUT2D eigenvalue weighted by atomic mass is 10.1. The van der Waals surface area contributed by atoms with Gasteiger partial charge in [-0.2, -0.15) is 5.10 Å². The number of benzene rings is 2. The summed E-state index contributed by atoms with van der Waals surface area (Å²) in [5.41, 5.74) is 2.19. The van der Waals surface area contributed by atoms with E-state index >= 15 is 0 Å². The number of carbonyl (C=O) groups is 1. The van der Waals surface area contributed by atoms with Gasteiger partial charge in [-0.15, -0.1) is 0 Å². The molecule has 0 saturated carbocycles. The second kappa shape index (κ2) is 7.20. The number of ether oxygens (including phenoxy) is 2. The average molecular weight is 399 g/mol. The summed E-state index contributed by atoms with van der Waals surface area (Å²) in [6.07, 6.45) is 0. The van der Waals surface area contributed by atoms with Gasteiger partial charge in [0.25, 0.3) is 5.91 Å². The number of halogens is 2. The van der Waals surface area contributed by atoms with Gasteiger partial charge in [0.05, 0.1) is 23.0 Å². The second-order valence-corrected chi connectivity index (χ2v) is 6.86. The quantitative estimate of drug-likeness (QED) is 0.721. The Kier molecular flexibility index (Phi) is 4.70. The van der Waals surface area contributed by atoms with Crippen molar-refractivity contribution in [2.24, 2.45) is 0 Å². The van der Waals surface area contributed by atoms with E-state index in [2.05, 4.69) is 10.4 Å². The molecule has 1 amide bonds. The first kappa shape index (κ1) is 18.9. The highest BCUT2D eigenvalue weighted by molar-refractivity contribution is 5.96. The molecule has 29 heavy (non-hydrogen) atoms. The predicted molar refractivity (Wildman–Crippen MR) is 101 cm³/mol. The van der Waals surface area contributed by atoms with Crippen LogP contribution < -0.4 is 14.8 Å². The van der Waals surface area contributed by atoms with Crippen LogP contribution >= 0.6 is 0 Å². The summed E-state index contributed by atoms with van der Waals surface area (Å²) >= 11 is 0. The summed E-state index contributed by atoms with van der Waals surface area (Å²) in [7, 11) is 0. The first-order valence-electron chi connectivity index (χ1n) is 9.07. The van der Waals surface area contributed by atoms with Gasteiger partial charge in [0, 0.05) is 6.07 Å². The van der Waals surface area contributed by atoms with Gasteiger partial charge in [0.15, 0.2) is 17.3 Å². The maximum Gasteiger partial charge on any atom is 0.255 e. The summed E-state index contributed by atoms with van der Waals surface area (Å²) in [5.74, 6) is -0.462. The van der Waals surface area contributed by atoms with Crippen LogP contribution in [0.4, 0.5) is 8.78 Å². The summed E-state index contributed by atoms with van der Waals surface area (Å²) in [6.45, 7) is 5.37. The molecule has 1 aromatic heterocycles. The Bertz CT molecular complexity index is 1110. The van der Waals surface area contributed by atoms with E-state index in [-0.39, 0.29) is 24.4 Å². The summed E-state index contributed by atoms with van der Waals surface area (Å²) in [5, 5.41) is 7.21. The number of hydrogen-bond donors (Lipinski definition) is 1. The Labute approximate surface area is 166 Å². The van der Waals surface area contributed by atoms with Crippen molar-refractivity contribution < 1.29 is 23.0 Å². The molecule has 1 N–H and O–H groups in total. The van der Waals surface area contributed by atoms with Crippen molar-refractivity contribution in [1.29, 1.82) is 0 Å². The first-order chi connectivity index (χ1) is 13.8. The highest BCUT2D eigenvalue weighted by Gasteiger charge is 2.23. The maximum atomic E-state index is 14.2. The summed E-state index contributed by atoms with van der Waals surface area (Å²) in [6, 6.07) is 8.40. The zero-order chi connectivity index (χ0) is 20.7. The second-order valence-electron chi connectivity index (χ2n) is 6.86. The molecule has 2 heterocycles. The van der Waals surface area contributed by atoms with Crippen LogP contribution in [0.3, 0.4) is 0 Å². The van der Waals surface area contributed by atoms with Crippen molar-refractivity contribution >= 4 is 5.91 Å². The van der Waals surface area contributed by atoms with E-state index in [0.717, 1.165) is 17.7 Å². The van der Waals surface area contributed by atoms with Gasteiger partial charge in [0.1, 0.15) is 11.5 Å². The Morgan fingerprint density at radius 2 is 1.90 bits per heavy atom. The minimum Gasteiger partial charge on any atom is -0.454 e. The molecule has 1 unspecified atom stereocenters. The number of hydrogen-bond acceptors (Lipinski definition) is 4. The molecule has 3 aromatic rings. The third-order valence-electron chi connectivity index (χ3n) is 4.90. The molecule has 0 bridgehead atoms. The van der Waals surface area contributed by atoms with Crippen molar-refractivity contribution in [2.45, 2.75) is 26.8 Å². The van der Waals surface area contributed by atoms with E-state index in [1.165, 1.54) is 10.7 Å². The van der Waals surface area contributed by atoms with Crippen LogP contribution in [0.2, 0.25) is 0 Å². The lowest BCUT2D eigenvalue weighted by Gasteiger charge is -2.15. The number of nitrogens with one attached hydrogen (secondary N) is 1. The van der Waals surface area contributed by atoms with Crippen LogP contribution in [0.15, 0.2) is 36.4 Å². The maximum absolute atomic E-state index is 14.2. The summed E-state index contributed by atoms with van der Waals surface area (Å²) < 4.78 is 39.4. The van der Waals surface area contributed by atoms with Gasteiger partial charge in [-0.1, -0.05) is 6.07 Å². The topological polar surface area (TPSA) is 65.4 Å². The van der Waals surface area contributed by atoms with Gasteiger partial charge in [0.2, 0.25) is 6.79 Å². The van der Waals surface area contributed by atoms with Gasteiger partial charge in [-0.25, -0.2) is 13.5 Å². The molecule has 2 aromatic carbocycles. The van der Waals surface area contributed by atoms with Crippen molar-refractivity contribution in [3.05, 3.63) is 70.5 Å². The molecule has 0 aliphatic carbocycles. The van der Waals surface area contributed by atoms with Crippen molar-refractivity contribution in [1.82, 2.24) is 15.1 Å². The molecule has 1 atom stereocenters. The number of aromatic nitrogens is 2. The number of amides is 1. The van der Waals surface area contributed by atoms with Gasteiger partial charge in [-0.05, 0) is 50.6 Å². The Morgan fingerprint density at radius 3 is 2.66 bits per heavy atom. The number of rotatable bonds is 4. The minimum atomic E-state index is -0.753. The van der Waals surface area contributed by atoms with Crippen LogP contribution in [0.25, 0.3) is 5.69 Å². The molecule has 4 rings (SSSR count). The van der Waals surface area contributed by atoms with Crippen LogP contribution in [-0.4, -0.2) is 22.5 Å². The fourth-order valence-electron chi connectivity index (χ4n) is 3.39. The lowest BCUT2D eigenvalue weighted by Crippen LogP contribution is -2.27.